The second-order valence-electron chi connectivity index (χ2n) is 8.55. The third kappa shape index (κ3) is 22.9. The molecule has 4 heteroatoms. The van der Waals surface area contributed by atoms with Gasteiger partial charge in [0.1, 0.15) is 6.10 Å². The van der Waals surface area contributed by atoms with E-state index in [9.17, 15) is 9.59 Å². The van der Waals surface area contributed by atoms with Gasteiger partial charge in [0.15, 0.2) is 0 Å². The molecule has 0 rings (SSSR count). The molecule has 31 heavy (non-hydrogen) atoms. The second kappa shape index (κ2) is 23.1. The molecule has 1 atom stereocenters. The molecule has 0 aromatic carbocycles. The Balaban J connectivity index is 0. The average molecular weight is 439 g/mol. The normalized spacial score (nSPS) is 11.1. The first-order valence-corrected chi connectivity index (χ1v) is 12.4. The van der Waals surface area contributed by atoms with E-state index in [-0.39, 0.29) is 18.0 Å². The fraction of sp³-hybridized carbons (Fsp3) is 0.778. The van der Waals surface area contributed by atoms with Crippen LogP contribution >= 0.6 is 0 Å². The maximum absolute atomic E-state index is 11.8. The van der Waals surface area contributed by atoms with Crippen molar-refractivity contribution in [2.24, 2.45) is 0 Å². The number of hydrogen-bond acceptors (Lipinski definition) is 4. The molecule has 0 spiro atoms. The Kier molecular flexibility index (Phi) is 23.5. The second-order valence-corrected chi connectivity index (χ2v) is 8.55. The number of methoxy groups -OCH3 is 1. The Bertz CT molecular complexity index is 482. The lowest BCUT2D eigenvalue weighted by Gasteiger charge is -2.18. The van der Waals surface area contributed by atoms with E-state index in [1.165, 1.54) is 90.6 Å². The van der Waals surface area contributed by atoms with Gasteiger partial charge < -0.3 is 9.47 Å². The summed E-state index contributed by atoms with van der Waals surface area (Å²) in [6.07, 6.45) is 19.0. The molecule has 0 aliphatic heterocycles. The third-order valence-corrected chi connectivity index (χ3v) is 5.17. The van der Waals surface area contributed by atoms with Crippen molar-refractivity contribution < 1.29 is 19.1 Å². The van der Waals surface area contributed by atoms with Crippen molar-refractivity contribution in [3.05, 3.63) is 24.3 Å². The average Bonchev–Trinajstić information content (AvgIpc) is 2.74. The van der Waals surface area contributed by atoms with Gasteiger partial charge in [-0.15, -0.1) is 0 Å². The molecule has 0 radical (unpaired) electrons. The first-order chi connectivity index (χ1) is 14.8. The molecular weight excluding hydrogens is 388 g/mol. The van der Waals surface area contributed by atoms with Crippen molar-refractivity contribution in [3.8, 4) is 0 Å². The molecule has 0 bridgehead atoms. The molecule has 4 nitrogen and oxygen atoms in total. The zero-order valence-corrected chi connectivity index (χ0v) is 21.2. The zero-order valence-electron chi connectivity index (χ0n) is 21.2. The first-order valence-electron chi connectivity index (χ1n) is 12.4. The Hall–Kier alpha value is -1.58. The maximum Gasteiger partial charge on any atom is 0.333 e. The van der Waals surface area contributed by atoms with Gasteiger partial charge in [0.25, 0.3) is 0 Å². The van der Waals surface area contributed by atoms with Crippen molar-refractivity contribution in [3.63, 3.8) is 0 Å². The van der Waals surface area contributed by atoms with Gasteiger partial charge in [-0.25, -0.2) is 9.59 Å². The van der Waals surface area contributed by atoms with Gasteiger partial charge in [-0.05, 0) is 39.5 Å². The molecule has 0 aromatic heterocycles. The van der Waals surface area contributed by atoms with Crippen molar-refractivity contribution in [2.45, 2.75) is 130 Å². The highest BCUT2D eigenvalue weighted by molar-refractivity contribution is 5.87. The monoisotopic (exact) mass is 438 g/mol. The summed E-state index contributed by atoms with van der Waals surface area (Å²) in [5.41, 5.74) is 0.949. The minimum absolute atomic E-state index is 0.0934. The molecule has 0 fully saturated rings. The summed E-state index contributed by atoms with van der Waals surface area (Å²) in [5.74, 6) is -0.562. The Labute approximate surface area is 192 Å². The minimum atomic E-state index is -0.347. The van der Waals surface area contributed by atoms with Crippen LogP contribution in [0.5, 0.6) is 0 Å². The lowest BCUT2D eigenvalue weighted by molar-refractivity contribution is -0.145. The lowest BCUT2D eigenvalue weighted by atomic mass is 10.0. The molecule has 0 N–H and O–H groups in total. The minimum Gasteiger partial charge on any atom is -0.466 e. The highest BCUT2D eigenvalue weighted by atomic mass is 16.5. The van der Waals surface area contributed by atoms with Crippen LogP contribution < -0.4 is 0 Å². The van der Waals surface area contributed by atoms with Crippen LogP contribution in [-0.4, -0.2) is 25.2 Å². The highest BCUT2D eigenvalue weighted by Gasteiger charge is 2.14. The predicted octanol–water partition coefficient (Wildman–Crippen LogP) is 8.10. The van der Waals surface area contributed by atoms with Gasteiger partial charge in [-0.1, -0.05) is 97.6 Å². The summed E-state index contributed by atoms with van der Waals surface area (Å²) < 4.78 is 9.91. The van der Waals surface area contributed by atoms with E-state index in [1.54, 1.807) is 13.8 Å². The van der Waals surface area contributed by atoms with Gasteiger partial charge in [0.2, 0.25) is 0 Å². The van der Waals surface area contributed by atoms with E-state index in [0.29, 0.717) is 11.1 Å². The molecule has 182 valence electrons. The van der Waals surface area contributed by atoms with Crippen LogP contribution in [0.4, 0.5) is 0 Å². The molecular formula is C27H50O4. The van der Waals surface area contributed by atoms with Crippen LogP contribution in [0, 0.1) is 0 Å². The van der Waals surface area contributed by atoms with E-state index < -0.39 is 0 Å². The SMILES string of the molecule is C=C(C)C(=O)OC.C=C(C)C(=O)OC(CCCCCCC)CCCCCCCCCC. The number of carbonyl (C=O) groups excluding carboxylic acids is 2. The van der Waals surface area contributed by atoms with Crippen molar-refractivity contribution >= 4 is 11.9 Å². The fourth-order valence-corrected chi connectivity index (χ4v) is 3.17. The summed E-state index contributed by atoms with van der Waals surface area (Å²) in [7, 11) is 1.33. The molecule has 0 aliphatic carbocycles. The molecule has 0 amide bonds. The van der Waals surface area contributed by atoms with E-state index >= 15 is 0 Å². The van der Waals surface area contributed by atoms with Crippen LogP contribution in [0.15, 0.2) is 24.3 Å². The summed E-state index contributed by atoms with van der Waals surface area (Å²) >= 11 is 0. The highest BCUT2D eigenvalue weighted by Crippen LogP contribution is 2.17. The van der Waals surface area contributed by atoms with E-state index in [2.05, 4.69) is 31.7 Å². The van der Waals surface area contributed by atoms with Crippen molar-refractivity contribution in [1.29, 1.82) is 0 Å². The molecule has 0 saturated heterocycles. The van der Waals surface area contributed by atoms with Crippen LogP contribution in [0.25, 0.3) is 0 Å². The molecule has 0 aliphatic rings. The van der Waals surface area contributed by atoms with E-state index in [4.69, 9.17) is 4.74 Å². The van der Waals surface area contributed by atoms with Crippen LogP contribution in [0.3, 0.4) is 0 Å². The standard InChI is InChI=1S/C22H42O2.C5H8O2/c1-5-7-9-11-12-13-15-17-19-21(24-22(23)20(3)4)18-16-14-10-8-6-2;1-4(2)5(6)7-3/h21H,3,5-19H2,1-2,4H3;1H2,2-3H3. The summed E-state index contributed by atoms with van der Waals surface area (Å²) in [6, 6.07) is 0. The van der Waals surface area contributed by atoms with E-state index in [1.807, 2.05) is 0 Å². The largest absolute Gasteiger partial charge is 0.466 e. The number of carbonyl (C=O) groups is 2. The number of rotatable bonds is 18. The number of unbranched alkanes of at least 4 members (excludes halogenated alkanes) is 11. The molecule has 0 heterocycles. The lowest BCUT2D eigenvalue weighted by Crippen LogP contribution is -2.18. The smallest absolute Gasteiger partial charge is 0.333 e. The number of esters is 2. The fourth-order valence-electron chi connectivity index (χ4n) is 3.17. The Morgan fingerprint density at radius 2 is 1.00 bits per heavy atom. The third-order valence-electron chi connectivity index (χ3n) is 5.17. The van der Waals surface area contributed by atoms with Gasteiger partial charge >= 0.3 is 11.9 Å². The number of ether oxygens (including phenoxy) is 2. The van der Waals surface area contributed by atoms with Gasteiger partial charge in [0.05, 0.1) is 7.11 Å². The van der Waals surface area contributed by atoms with E-state index in [0.717, 1.165) is 12.8 Å². The Morgan fingerprint density at radius 1 is 0.645 bits per heavy atom. The first kappa shape index (κ1) is 31.6. The van der Waals surface area contributed by atoms with Crippen molar-refractivity contribution in [1.82, 2.24) is 0 Å². The Morgan fingerprint density at radius 3 is 1.29 bits per heavy atom. The summed E-state index contributed by atoms with van der Waals surface area (Å²) in [6.45, 7) is 14.9. The van der Waals surface area contributed by atoms with Gasteiger partial charge in [-0.3, -0.25) is 0 Å². The maximum atomic E-state index is 11.8. The summed E-state index contributed by atoms with van der Waals surface area (Å²) in [4.78, 5) is 22.0. The molecule has 1 unspecified atom stereocenters. The quantitative estimate of drug-likeness (QED) is 0.123. The van der Waals surface area contributed by atoms with Crippen molar-refractivity contribution in [2.75, 3.05) is 7.11 Å². The summed E-state index contributed by atoms with van der Waals surface area (Å²) in [5, 5.41) is 0. The topological polar surface area (TPSA) is 52.6 Å². The molecule has 0 saturated carbocycles. The zero-order chi connectivity index (χ0) is 23.9. The number of hydrogen-bond donors (Lipinski definition) is 0. The van der Waals surface area contributed by atoms with Gasteiger partial charge in [-0.2, -0.15) is 0 Å². The predicted molar refractivity (Wildman–Crippen MR) is 132 cm³/mol. The van der Waals surface area contributed by atoms with Crippen LogP contribution in [0.1, 0.15) is 124 Å². The van der Waals surface area contributed by atoms with Crippen LogP contribution in [-0.2, 0) is 19.1 Å². The molecule has 0 aromatic rings. The van der Waals surface area contributed by atoms with Gasteiger partial charge in [0, 0.05) is 11.1 Å². The van der Waals surface area contributed by atoms with Crippen LogP contribution in [0.2, 0.25) is 0 Å².